The molecule has 5 rings (SSSR count). The van der Waals surface area contributed by atoms with Crippen LogP contribution in [0.15, 0.2) is 40.8 Å². The zero-order chi connectivity index (χ0) is 31.2. The van der Waals surface area contributed by atoms with Gasteiger partial charge in [-0.2, -0.15) is 0 Å². The van der Waals surface area contributed by atoms with E-state index >= 15 is 0 Å². The number of carbonyl (C=O) groups excluding carboxylic acids is 1. The van der Waals surface area contributed by atoms with Gasteiger partial charge in [0.1, 0.15) is 11.1 Å². The highest BCUT2D eigenvalue weighted by Gasteiger charge is 2.56. The summed E-state index contributed by atoms with van der Waals surface area (Å²) in [4.78, 5) is 18.0. The molecule has 238 valence electrons. The minimum Gasteiger partial charge on any atom is -0.461 e. The van der Waals surface area contributed by atoms with Gasteiger partial charge in [0.2, 0.25) is 0 Å². The first kappa shape index (κ1) is 32.6. The summed E-state index contributed by atoms with van der Waals surface area (Å²) < 4.78 is 6.28. The number of aliphatic hydroxyl groups excluding tert-OH is 3. The highest BCUT2D eigenvalue weighted by Crippen LogP contribution is 2.60. The standard InChI is InChI=1S/C36H53NO5S/c1-22(9-14-31(42-33(41)34(4,5)21-38)36(16-17-36)32-37-23(2)20-43-32)28-12-13-29-25(8-7-15-35(28,29)6)10-11-26-18-27(39)19-30(40)24(26)3/h10-11,20,22,27-31,38-40H,3,7-9,12-19,21H2,1-2,4-6H3/b25-10+,26-11-/t22-,27-,28-,29+,30+,31-,35-/m1/s1. The summed E-state index contributed by atoms with van der Waals surface area (Å²) in [6, 6.07) is 0. The molecule has 1 aromatic rings. The second-order valence-electron chi connectivity index (χ2n) is 15.1. The summed E-state index contributed by atoms with van der Waals surface area (Å²) in [6.07, 6.45) is 13.6. The Morgan fingerprint density at radius 3 is 2.63 bits per heavy atom. The van der Waals surface area contributed by atoms with E-state index in [9.17, 15) is 20.1 Å². The first-order valence-electron chi connectivity index (χ1n) is 16.5. The highest BCUT2D eigenvalue weighted by molar-refractivity contribution is 7.09. The van der Waals surface area contributed by atoms with Gasteiger partial charge in [-0.1, -0.05) is 38.2 Å². The molecule has 4 saturated carbocycles. The number of thiazole rings is 1. The fourth-order valence-corrected chi connectivity index (χ4v) is 9.59. The molecule has 0 bridgehead atoms. The minimum atomic E-state index is -0.925. The summed E-state index contributed by atoms with van der Waals surface area (Å²) in [6.45, 7) is 14.3. The number of aromatic nitrogens is 1. The van der Waals surface area contributed by atoms with Crippen LogP contribution in [0.5, 0.6) is 0 Å². The molecule has 0 spiro atoms. The number of rotatable bonds is 10. The molecular weight excluding hydrogens is 558 g/mol. The summed E-state index contributed by atoms with van der Waals surface area (Å²) >= 11 is 1.68. The predicted molar refractivity (Wildman–Crippen MR) is 172 cm³/mol. The van der Waals surface area contributed by atoms with Crippen LogP contribution in [0.2, 0.25) is 0 Å². The van der Waals surface area contributed by atoms with E-state index in [1.807, 2.05) is 6.92 Å². The molecule has 1 heterocycles. The Labute approximate surface area is 262 Å². The molecule has 0 aromatic carbocycles. The number of nitrogens with zero attached hydrogens (tertiary/aromatic N) is 1. The van der Waals surface area contributed by atoms with Gasteiger partial charge in [-0.05, 0) is 119 Å². The Morgan fingerprint density at radius 1 is 1.23 bits per heavy atom. The molecule has 0 amide bonds. The van der Waals surface area contributed by atoms with Crippen LogP contribution in [0.4, 0.5) is 0 Å². The molecule has 1 aromatic heterocycles. The van der Waals surface area contributed by atoms with Crippen LogP contribution in [-0.2, 0) is 14.9 Å². The second kappa shape index (κ2) is 12.5. The molecule has 0 unspecified atom stereocenters. The maximum absolute atomic E-state index is 13.2. The van der Waals surface area contributed by atoms with E-state index < -0.39 is 17.6 Å². The molecule has 4 aliphatic rings. The fraction of sp³-hybridized carbons (Fsp3) is 0.722. The van der Waals surface area contributed by atoms with Crippen molar-refractivity contribution in [1.29, 1.82) is 0 Å². The van der Waals surface area contributed by atoms with Gasteiger partial charge >= 0.3 is 5.97 Å². The highest BCUT2D eigenvalue weighted by atomic mass is 32.1. The molecule has 0 radical (unpaired) electrons. The zero-order valence-electron chi connectivity index (χ0n) is 26.9. The Morgan fingerprint density at radius 2 is 1.98 bits per heavy atom. The molecule has 4 fully saturated rings. The van der Waals surface area contributed by atoms with Crippen molar-refractivity contribution in [3.8, 4) is 0 Å². The lowest BCUT2D eigenvalue weighted by Crippen LogP contribution is -2.39. The quantitative estimate of drug-likeness (QED) is 0.247. The third-order valence-corrected chi connectivity index (χ3v) is 12.7. The lowest BCUT2D eigenvalue weighted by atomic mass is 9.60. The molecular formula is C36H53NO5S. The Balaban J connectivity index is 1.30. The van der Waals surface area contributed by atoms with Crippen molar-refractivity contribution in [3.63, 3.8) is 0 Å². The Hall–Kier alpha value is -1.80. The summed E-state index contributed by atoms with van der Waals surface area (Å²) in [5.74, 6) is 1.32. The first-order chi connectivity index (χ1) is 20.3. The van der Waals surface area contributed by atoms with Crippen LogP contribution in [-0.4, -0.2) is 51.2 Å². The lowest BCUT2D eigenvalue weighted by molar-refractivity contribution is -0.164. The topological polar surface area (TPSA) is 99.9 Å². The van der Waals surface area contributed by atoms with Crippen molar-refractivity contribution < 1.29 is 24.9 Å². The van der Waals surface area contributed by atoms with E-state index in [1.165, 1.54) is 31.3 Å². The van der Waals surface area contributed by atoms with Gasteiger partial charge in [0, 0.05) is 17.5 Å². The van der Waals surface area contributed by atoms with Crippen molar-refractivity contribution in [2.75, 3.05) is 6.61 Å². The number of aryl methyl sites for hydroxylation is 1. The number of aliphatic hydroxyl groups is 3. The smallest absolute Gasteiger partial charge is 0.314 e. The number of hydrogen-bond donors (Lipinski definition) is 3. The van der Waals surface area contributed by atoms with E-state index in [0.29, 0.717) is 30.6 Å². The predicted octanol–water partition coefficient (Wildman–Crippen LogP) is 6.97. The number of esters is 1. The summed E-state index contributed by atoms with van der Waals surface area (Å²) in [5, 5.41) is 33.5. The lowest BCUT2D eigenvalue weighted by Gasteiger charge is -2.44. The maximum Gasteiger partial charge on any atom is 0.314 e. The SMILES string of the molecule is C=C1/C(=C\C=C2/CCC[C@]3(C)[C@@H]([C@H](C)CC[C@@H](OC(=O)C(C)(C)CO)C4(c5nc(C)cs5)CC4)CC[C@@H]23)C[C@@H](O)C[C@@H]1O. The van der Waals surface area contributed by atoms with Crippen LogP contribution in [0, 0.1) is 35.5 Å². The van der Waals surface area contributed by atoms with E-state index in [0.717, 1.165) is 54.0 Å². The van der Waals surface area contributed by atoms with Gasteiger partial charge in [-0.15, -0.1) is 11.3 Å². The van der Waals surface area contributed by atoms with Crippen molar-refractivity contribution in [2.45, 2.75) is 129 Å². The minimum absolute atomic E-state index is 0.194. The van der Waals surface area contributed by atoms with Gasteiger partial charge in [0.15, 0.2) is 0 Å². The molecule has 6 nitrogen and oxygen atoms in total. The van der Waals surface area contributed by atoms with Crippen molar-refractivity contribution in [1.82, 2.24) is 4.98 Å². The molecule has 7 atom stereocenters. The van der Waals surface area contributed by atoms with Gasteiger partial charge in [-0.3, -0.25) is 4.79 Å². The van der Waals surface area contributed by atoms with E-state index in [1.54, 1.807) is 25.2 Å². The normalized spacial score (nSPS) is 33.8. The van der Waals surface area contributed by atoms with Crippen molar-refractivity contribution >= 4 is 17.3 Å². The van der Waals surface area contributed by atoms with Gasteiger partial charge < -0.3 is 20.1 Å². The summed E-state index contributed by atoms with van der Waals surface area (Å²) in [5.41, 5.74) is 3.36. The first-order valence-corrected chi connectivity index (χ1v) is 17.4. The van der Waals surface area contributed by atoms with Gasteiger partial charge in [-0.25, -0.2) is 4.98 Å². The third kappa shape index (κ3) is 6.47. The number of allylic oxidation sites excluding steroid dienone is 3. The van der Waals surface area contributed by atoms with Crippen LogP contribution in [0.3, 0.4) is 0 Å². The second-order valence-corrected chi connectivity index (χ2v) is 16.0. The molecule has 7 heteroatoms. The van der Waals surface area contributed by atoms with Crippen LogP contribution in [0.25, 0.3) is 0 Å². The van der Waals surface area contributed by atoms with E-state index in [-0.39, 0.29) is 29.5 Å². The number of ether oxygens (including phenoxy) is 1. The molecule has 0 saturated heterocycles. The molecule has 4 aliphatic carbocycles. The molecule has 0 aliphatic heterocycles. The maximum atomic E-state index is 13.2. The van der Waals surface area contributed by atoms with Crippen LogP contribution >= 0.6 is 11.3 Å². The van der Waals surface area contributed by atoms with Crippen molar-refractivity contribution in [2.24, 2.45) is 28.6 Å². The number of hydrogen-bond acceptors (Lipinski definition) is 7. The third-order valence-electron chi connectivity index (χ3n) is 11.5. The Kier molecular flexibility index (Phi) is 9.50. The molecule has 3 N–H and O–H groups in total. The number of carbonyl (C=O) groups is 1. The number of fused-ring (bicyclic) bond motifs is 1. The van der Waals surface area contributed by atoms with Crippen LogP contribution in [0.1, 0.15) is 109 Å². The van der Waals surface area contributed by atoms with E-state index in [4.69, 9.17) is 9.72 Å². The largest absolute Gasteiger partial charge is 0.461 e. The van der Waals surface area contributed by atoms with Gasteiger partial charge in [0.05, 0.1) is 29.6 Å². The van der Waals surface area contributed by atoms with E-state index in [2.05, 4.69) is 38.0 Å². The monoisotopic (exact) mass is 611 g/mol. The zero-order valence-corrected chi connectivity index (χ0v) is 27.7. The van der Waals surface area contributed by atoms with Crippen molar-refractivity contribution in [3.05, 3.63) is 51.5 Å². The fourth-order valence-electron chi connectivity index (χ4n) is 8.49. The average molecular weight is 612 g/mol. The average Bonchev–Trinajstić information content (AvgIpc) is 3.52. The van der Waals surface area contributed by atoms with Gasteiger partial charge in [0.25, 0.3) is 0 Å². The summed E-state index contributed by atoms with van der Waals surface area (Å²) in [7, 11) is 0. The van der Waals surface area contributed by atoms with Crippen LogP contribution < -0.4 is 0 Å². The Bertz CT molecular complexity index is 1260. The molecule has 43 heavy (non-hydrogen) atoms.